The van der Waals surface area contributed by atoms with E-state index in [9.17, 15) is 9.50 Å². The average molecular weight is 336 g/mol. The van der Waals surface area contributed by atoms with E-state index < -0.39 is 6.10 Å². The van der Waals surface area contributed by atoms with E-state index in [0.29, 0.717) is 13.0 Å². The first-order valence-corrected chi connectivity index (χ1v) is 7.40. The zero-order valence-electron chi connectivity index (χ0n) is 10.9. The van der Waals surface area contributed by atoms with Crippen molar-refractivity contribution < 1.29 is 9.50 Å². The van der Waals surface area contributed by atoms with E-state index in [2.05, 4.69) is 20.8 Å². The number of para-hydroxylation sites is 1. The summed E-state index contributed by atoms with van der Waals surface area (Å²) in [5, 5.41) is 10.0. The molecule has 0 amide bonds. The molecule has 1 heterocycles. The van der Waals surface area contributed by atoms with Gasteiger partial charge in [-0.3, -0.25) is 0 Å². The molecule has 0 bridgehead atoms. The van der Waals surface area contributed by atoms with Crippen molar-refractivity contribution in [1.82, 2.24) is 0 Å². The number of nitrogens with zero attached hydrogens (tertiary/aromatic N) is 1. The Bertz CT molecular complexity index is 611. The Hall–Kier alpha value is -1.39. The summed E-state index contributed by atoms with van der Waals surface area (Å²) in [6.07, 6.45) is 0.301. The molecule has 1 unspecified atom stereocenters. The van der Waals surface area contributed by atoms with E-state index in [0.717, 1.165) is 27.8 Å². The largest absolute Gasteiger partial charge is 0.388 e. The van der Waals surface area contributed by atoms with Gasteiger partial charge in [-0.2, -0.15) is 0 Å². The Morgan fingerprint density at radius 1 is 1.25 bits per heavy atom. The van der Waals surface area contributed by atoms with E-state index in [4.69, 9.17) is 0 Å². The molecule has 0 aromatic heterocycles. The van der Waals surface area contributed by atoms with Crippen molar-refractivity contribution in [1.29, 1.82) is 0 Å². The first kappa shape index (κ1) is 13.6. The minimum atomic E-state index is -0.401. The Balaban J connectivity index is 1.90. The summed E-state index contributed by atoms with van der Waals surface area (Å²) in [4.78, 5) is 2.18. The third kappa shape index (κ3) is 2.72. The van der Waals surface area contributed by atoms with Gasteiger partial charge in [0.2, 0.25) is 0 Å². The van der Waals surface area contributed by atoms with Crippen LogP contribution in [0.15, 0.2) is 46.9 Å². The van der Waals surface area contributed by atoms with Gasteiger partial charge in [-0.1, -0.05) is 34.1 Å². The van der Waals surface area contributed by atoms with Gasteiger partial charge in [-0.05, 0) is 36.2 Å². The molecule has 3 rings (SSSR count). The van der Waals surface area contributed by atoms with Crippen molar-refractivity contribution in [2.45, 2.75) is 19.1 Å². The molecule has 0 saturated heterocycles. The minimum absolute atomic E-state index is 0.236. The lowest BCUT2D eigenvalue weighted by Gasteiger charge is -2.34. The van der Waals surface area contributed by atoms with Crippen molar-refractivity contribution in [2.24, 2.45) is 0 Å². The van der Waals surface area contributed by atoms with E-state index in [1.54, 1.807) is 6.07 Å². The highest BCUT2D eigenvalue weighted by Crippen LogP contribution is 2.34. The van der Waals surface area contributed by atoms with Gasteiger partial charge in [0.05, 0.1) is 6.10 Å². The molecule has 20 heavy (non-hydrogen) atoms. The number of anilines is 1. The first-order chi connectivity index (χ1) is 9.63. The van der Waals surface area contributed by atoms with E-state index in [-0.39, 0.29) is 5.82 Å². The van der Waals surface area contributed by atoms with Crippen LogP contribution in [0.25, 0.3) is 0 Å². The predicted octanol–water partition coefficient (Wildman–Crippen LogP) is 4.03. The maximum Gasteiger partial charge on any atom is 0.124 e. The van der Waals surface area contributed by atoms with Crippen molar-refractivity contribution in [2.75, 3.05) is 11.4 Å². The van der Waals surface area contributed by atoms with Crippen molar-refractivity contribution in [3.05, 3.63) is 63.9 Å². The highest BCUT2D eigenvalue weighted by atomic mass is 79.9. The topological polar surface area (TPSA) is 23.5 Å². The van der Waals surface area contributed by atoms with Gasteiger partial charge in [-0.25, -0.2) is 4.39 Å². The van der Waals surface area contributed by atoms with Crippen LogP contribution in [-0.2, 0) is 6.54 Å². The Morgan fingerprint density at radius 2 is 2.05 bits per heavy atom. The number of aliphatic hydroxyl groups excluding tert-OH is 1. The smallest absolute Gasteiger partial charge is 0.124 e. The van der Waals surface area contributed by atoms with E-state index in [1.807, 2.05) is 30.3 Å². The summed E-state index contributed by atoms with van der Waals surface area (Å²) < 4.78 is 14.2. The summed E-state index contributed by atoms with van der Waals surface area (Å²) >= 11 is 3.32. The second kappa shape index (κ2) is 5.54. The third-order valence-corrected chi connectivity index (χ3v) is 4.06. The van der Waals surface area contributed by atoms with Gasteiger partial charge in [0, 0.05) is 28.8 Å². The molecule has 0 saturated carbocycles. The van der Waals surface area contributed by atoms with Gasteiger partial charge in [0.15, 0.2) is 0 Å². The Morgan fingerprint density at radius 3 is 2.85 bits per heavy atom. The van der Waals surface area contributed by atoms with Crippen LogP contribution >= 0.6 is 15.9 Å². The highest BCUT2D eigenvalue weighted by Gasteiger charge is 2.23. The summed E-state index contributed by atoms with van der Waals surface area (Å²) in [6, 6.07) is 12.8. The normalized spacial score (nSPS) is 17.9. The molecule has 2 aromatic rings. The summed E-state index contributed by atoms with van der Waals surface area (Å²) in [5.41, 5.74) is 2.91. The molecular formula is C16H15BrFNO. The molecule has 0 aliphatic carbocycles. The summed E-state index contributed by atoms with van der Waals surface area (Å²) in [6.45, 7) is 1.41. The highest BCUT2D eigenvalue weighted by molar-refractivity contribution is 9.10. The van der Waals surface area contributed by atoms with Crippen LogP contribution < -0.4 is 4.90 Å². The Kier molecular flexibility index (Phi) is 3.76. The standard InChI is InChI=1S/C16H15BrFNO/c17-12-7-11(8-13(18)9-12)10-19-6-5-16(20)14-3-1-2-4-15(14)19/h1-4,7-9,16,20H,5-6,10H2. The van der Waals surface area contributed by atoms with Crippen LogP contribution in [0.3, 0.4) is 0 Å². The fraction of sp³-hybridized carbons (Fsp3) is 0.250. The van der Waals surface area contributed by atoms with Crippen molar-refractivity contribution in [3.8, 4) is 0 Å². The maximum absolute atomic E-state index is 13.5. The van der Waals surface area contributed by atoms with Crippen LogP contribution in [0.2, 0.25) is 0 Å². The quantitative estimate of drug-likeness (QED) is 0.895. The molecule has 104 valence electrons. The van der Waals surface area contributed by atoms with E-state index in [1.165, 1.54) is 6.07 Å². The van der Waals surface area contributed by atoms with Crippen molar-refractivity contribution >= 4 is 21.6 Å². The molecule has 2 nitrogen and oxygen atoms in total. The molecular weight excluding hydrogens is 321 g/mol. The lowest BCUT2D eigenvalue weighted by molar-refractivity contribution is 0.164. The summed E-state index contributed by atoms with van der Waals surface area (Å²) in [5.74, 6) is -0.236. The Labute approximate surface area is 126 Å². The van der Waals surface area contributed by atoms with Crippen LogP contribution in [0.4, 0.5) is 10.1 Å². The molecule has 1 aliphatic rings. The van der Waals surface area contributed by atoms with Gasteiger partial charge >= 0.3 is 0 Å². The lowest BCUT2D eigenvalue weighted by atomic mass is 9.98. The molecule has 1 atom stereocenters. The molecule has 1 aliphatic heterocycles. The lowest BCUT2D eigenvalue weighted by Crippen LogP contribution is -2.30. The van der Waals surface area contributed by atoms with Gasteiger partial charge in [0.1, 0.15) is 5.82 Å². The number of halogens is 2. The monoisotopic (exact) mass is 335 g/mol. The second-order valence-electron chi connectivity index (χ2n) is 5.06. The fourth-order valence-electron chi connectivity index (χ4n) is 2.70. The average Bonchev–Trinajstić information content (AvgIpc) is 2.41. The number of hydrogen-bond donors (Lipinski definition) is 1. The number of benzene rings is 2. The molecule has 4 heteroatoms. The zero-order valence-corrected chi connectivity index (χ0v) is 12.5. The summed E-state index contributed by atoms with van der Waals surface area (Å²) in [7, 11) is 0. The number of hydrogen-bond acceptors (Lipinski definition) is 2. The van der Waals surface area contributed by atoms with E-state index >= 15 is 0 Å². The minimum Gasteiger partial charge on any atom is -0.388 e. The van der Waals surface area contributed by atoms with Gasteiger partial charge in [-0.15, -0.1) is 0 Å². The molecule has 0 radical (unpaired) electrons. The van der Waals surface area contributed by atoms with Crippen LogP contribution in [0.5, 0.6) is 0 Å². The first-order valence-electron chi connectivity index (χ1n) is 6.60. The number of aliphatic hydroxyl groups is 1. The van der Waals surface area contributed by atoms with Crippen LogP contribution in [0, 0.1) is 5.82 Å². The third-order valence-electron chi connectivity index (χ3n) is 3.60. The predicted molar refractivity (Wildman–Crippen MR) is 81.2 cm³/mol. The SMILES string of the molecule is OC1CCN(Cc2cc(F)cc(Br)c2)c2ccccc21. The second-order valence-corrected chi connectivity index (χ2v) is 5.98. The maximum atomic E-state index is 13.5. The molecule has 0 fully saturated rings. The molecule has 0 spiro atoms. The van der Waals surface area contributed by atoms with Crippen LogP contribution in [0.1, 0.15) is 23.7 Å². The number of fused-ring (bicyclic) bond motifs is 1. The fourth-order valence-corrected chi connectivity index (χ4v) is 3.21. The molecule has 2 aromatic carbocycles. The molecule has 1 N–H and O–H groups in total. The van der Waals surface area contributed by atoms with Gasteiger partial charge < -0.3 is 10.0 Å². The van der Waals surface area contributed by atoms with Crippen molar-refractivity contribution in [3.63, 3.8) is 0 Å². The van der Waals surface area contributed by atoms with Gasteiger partial charge in [0.25, 0.3) is 0 Å². The zero-order chi connectivity index (χ0) is 14.1. The van der Waals surface area contributed by atoms with Crippen LogP contribution in [-0.4, -0.2) is 11.7 Å². The number of rotatable bonds is 2.